The molecule has 1 aromatic carbocycles. The van der Waals surface area contributed by atoms with Crippen LogP contribution in [0.15, 0.2) is 28.7 Å². The number of halogens is 1. The molecule has 2 nitrogen and oxygen atoms in total. The number of hydrogen-bond acceptors (Lipinski definition) is 2. The molecule has 1 fully saturated rings. The molecule has 1 saturated heterocycles. The Morgan fingerprint density at radius 1 is 1.47 bits per heavy atom. The summed E-state index contributed by atoms with van der Waals surface area (Å²) in [5.41, 5.74) is 0.793. The number of hydrogen-bond donors (Lipinski definition) is 0. The molecule has 1 unspecified atom stereocenters. The molecule has 1 atom stereocenters. The van der Waals surface area contributed by atoms with Crippen LogP contribution in [-0.2, 0) is 0 Å². The highest BCUT2D eigenvalue weighted by Gasteiger charge is 2.28. The molecular formula is C13H16BrNOS. The fraction of sp³-hybridized carbons (Fsp3) is 0.462. The molecule has 2 rings (SSSR count). The van der Waals surface area contributed by atoms with Crippen molar-refractivity contribution >= 4 is 33.6 Å². The summed E-state index contributed by atoms with van der Waals surface area (Å²) in [7, 11) is 0. The van der Waals surface area contributed by atoms with Gasteiger partial charge in [0.25, 0.3) is 5.91 Å². The predicted octanol–water partition coefficient (Wildman–Crippen LogP) is 3.42. The summed E-state index contributed by atoms with van der Waals surface area (Å²) in [5.74, 6) is 1.22. The zero-order chi connectivity index (χ0) is 12.3. The highest BCUT2D eigenvalue weighted by Crippen LogP contribution is 2.23. The van der Waals surface area contributed by atoms with Crippen LogP contribution in [0.1, 0.15) is 23.2 Å². The first kappa shape index (κ1) is 13.0. The second-order valence-electron chi connectivity index (χ2n) is 4.26. The number of amides is 1. The van der Waals surface area contributed by atoms with Gasteiger partial charge in [0.15, 0.2) is 0 Å². The third-order valence-electron chi connectivity index (χ3n) is 3.09. The summed E-state index contributed by atoms with van der Waals surface area (Å²) in [6, 6.07) is 8.04. The van der Waals surface area contributed by atoms with E-state index in [-0.39, 0.29) is 5.91 Å². The van der Waals surface area contributed by atoms with Gasteiger partial charge in [0.2, 0.25) is 0 Å². The lowest BCUT2D eigenvalue weighted by Crippen LogP contribution is -2.36. The van der Waals surface area contributed by atoms with E-state index in [1.54, 1.807) is 0 Å². The first-order valence-corrected chi connectivity index (χ1v) is 7.96. The molecule has 0 N–H and O–H groups in total. The average molecular weight is 314 g/mol. The van der Waals surface area contributed by atoms with Crippen LogP contribution < -0.4 is 0 Å². The number of benzene rings is 1. The number of carbonyl (C=O) groups excluding carboxylic acids is 1. The van der Waals surface area contributed by atoms with Crippen molar-refractivity contribution in [3.05, 3.63) is 34.3 Å². The van der Waals surface area contributed by atoms with Gasteiger partial charge >= 0.3 is 0 Å². The molecule has 4 heteroatoms. The Hall–Kier alpha value is -0.480. The van der Waals surface area contributed by atoms with Gasteiger partial charge in [-0.2, -0.15) is 11.8 Å². The zero-order valence-corrected chi connectivity index (χ0v) is 12.3. The van der Waals surface area contributed by atoms with Crippen molar-refractivity contribution in [1.29, 1.82) is 0 Å². The van der Waals surface area contributed by atoms with Crippen LogP contribution >= 0.6 is 27.7 Å². The lowest BCUT2D eigenvalue weighted by atomic mass is 10.2. The predicted molar refractivity (Wildman–Crippen MR) is 76.6 cm³/mol. The number of thioether (sulfide) groups is 1. The van der Waals surface area contributed by atoms with E-state index in [4.69, 9.17) is 0 Å². The van der Waals surface area contributed by atoms with E-state index >= 15 is 0 Å². The molecule has 0 saturated carbocycles. The van der Waals surface area contributed by atoms with Crippen molar-refractivity contribution in [2.45, 2.75) is 18.9 Å². The molecule has 1 aliphatic heterocycles. The maximum Gasteiger partial charge on any atom is 0.254 e. The third kappa shape index (κ3) is 3.05. The Balaban J connectivity index is 2.11. The molecule has 92 valence electrons. The van der Waals surface area contributed by atoms with Crippen LogP contribution in [0.25, 0.3) is 0 Å². The summed E-state index contributed by atoms with van der Waals surface area (Å²) in [5, 5.41) is 0. The Morgan fingerprint density at radius 2 is 2.18 bits per heavy atom. The van der Waals surface area contributed by atoms with E-state index in [9.17, 15) is 4.79 Å². The number of likely N-dealkylation sites (tertiary alicyclic amines) is 1. The maximum absolute atomic E-state index is 12.3. The lowest BCUT2D eigenvalue weighted by Gasteiger charge is -2.24. The van der Waals surface area contributed by atoms with Gasteiger partial charge in [0.05, 0.1) is 0 Å². The summed E-state index contributed by atoms with van der Waals surface area (Å²) in [6.45, 7) is 0.903. The van der Waals surface area contributed by atoms with Crippen molar-refractivity contribution in [3.8, 4) is 0 Å². The van der Waals surface area contributed by atoms with Crippen LogP contribution in [0.5, 0.6) is 0 Å². The van der Waals surface area contributed by atoms with Crippen molar-refractivity contribution in [1.82, 2.24) is 4.90 Å². The normalized spacial score (nSPS) is 19.6. The number of rotatable bonds is 3. The molecule has 1 aliphatic rings. The van der Waals surface area contributed by atoms with E-state index in [1.807, 2.05) is 40.9 Å². The molecule has 1 heterocycles. The van der Waals surface area contributed by atoms with Gasteiger partial charge in [0.1, 0.15) is 0 Å². The largest absolute Gasteiger partial charge is 0.335 e. The van der Waals surface area contributed by atoms with Crippen LogP contribution in [0.4, 0.5) is 0 Å². The molecule has 1 aromatic rings. The van der Waals surface area contributed by atoms with Gasteiger partial charge < -0.3 is 4.90 Å². The monoisotopic (exact) mass is 313 g/mol. The van der Waals surface area contributed by atoms with Crippen molar-refractivity contribution in [3.63, 3.8) is 0 Å². The van der Waals surface area contributed by atoms with Crippen LogP contribution in [0.3, 0.4) is 0 Å². The van der Waals surface area contributed by atoms with E-state index in [0.717, 1.165) is 35.2 Å². The lowest BCUT2D eigenvalue weighted by molar-refractivity contribution is 0.0750. The standard InChI is InChI=1S/C13H16BrNOS/c1-17-9-12-3-2-8-15(12)13(16)10-4-6-11(14)7-5-10/h4-7,12H,2-3,8-9H2,1H3. The molecule has 0 spiro atoms. The van der Waals surface area contributed by atoms with E-state index in [1.165, 1.54) is 0 Å². The van der Waals surface area contributed by atoms with Gasteiger partial charge in [-0.15, -0.1) is 0 Å². The fourth-order valence-electron chi connectivity index (χ4n) is 2.23. The highest BCUT2D eigenvalue weighted by atomic mass is 79.9. The Labute approximate surface area is 115 Å². The zero-order valence-electron chi connectivity index (χ0n) is 9.86. The smallest absolute Gasteiger partial charge is 0.254 e. The van der Waals surface area contributed by atoms with Gasteiger partial charge in [-0.1, -0.05) is 15.9 Å². The Bertz CT molecular complexity index is 393. The van der Waals surface area contributed by atoms with E-state index in [0.29, 0.717) is 6.04 Å². The molecule has 17 heavy (non-hydrogen) atoms. The second-order valence-corrected chi connectivity index (χ2v) is 6.08. The highest BCUT2D eigenvalue weighted by molar-refractivity contribution is 9.10. The van der Waals surface area contributed by atoms with Crippen LogP contribution in [0, 0.1) is 0 Å². The Kier molecular flexibility index (Phi) is 4.51. The quantitative estimate of drug-likeness (QED) is 0.852. The van der Waals surface area contributed by atoms with Gasteiger partial charge in [-0.3, -0.25) is 4.79 Å². The van der Waals surface area contributed by atoms with Crippen molar-refractivity contribution in [2.75, 3.05) is 18.6 Å². The first-order chi connectivity index (χ1) is 8.22. The minimum Gasteiger partial charge on any atom is -0.335 e. The minimum atomic E-state index is 0.175. The van der Waals surface area contributed by atoms with Gasteiger partial charge in [0, 0.05) is 28.4 Å². The molecule has 0 aliphatic carbocycles. The fourth-order valence-corrected chi connectivity index (χ4v) is 3.22. The number of carbonyl (C=O) groups is 1. The van der Waals surface area contributed by atoms with Crippen molar-refractivity contribution in [2.24, 2.45) is 0 Å². The summed E-state index contributed by atoms with van der Waals surface area (Å²) >= 11 is 5.20. The minimum absolute atomic E-state index is 0.175. The van der Waals surface area contributed by atoms with Crippen LogP contribution in [-0.4, -0.2) is 35.4 Å². The molecule has 0 aromatic heterocycles. The first-order valence-electron chi connectivity index (χ1n) is 5.78. The summed E-state index contributed by atoms with van der Waals surface area (Å²) in [6.07, 6.45) is 4.37. The second kappa shape index (κ2) is 5.91. The van der Waals surface area contributed by atoms with Gasteiger partial charge in [-0.25, -0.2) is 0 Å². The summed E-state index contributed by atoms with van der Waals surface area (Å²) in [4.78, 5) is 14.4. The van der Waals surface area contributed by atoms with Crippen molar-refractivity contribution < 1.29 is 4.79 Å². The summed E-state index contributed by atoms with van der Waals surface area (Å²) < 4.78 is 1.01. The average Bonchev–Trinajstić information content (AvgIpc) is 2.78. The molecule has 0 radical (unpaired) electrons. The molecular weight excluding hydrogens is 298 g/mol. The molecule has 0 bridgehead atoms. The molecule has 1 amide bonds. The van der Waals surface area contributed by atoms with Crippen LogP contribution in [0.2, 0.25) is 0 Å². The van der Waals surface area contributed by atoms with E-state index in [2.05, 4.69) is 22.2 Å². The van der Waals surface area contributed by atoms with Gasteiger partial charge in [-0.05, 0) is 43.4 Å². The SMILES string of the molecule is CSCC1CCCN1C(=O)c1ccc(Br)cc1. The maximum atomic E-state index is 12.3. The number of nitrogens with zero attached hydrogens (tertiary/aromatic N) is 1. The Morgan fingerprint density at radius 3 is 2.82 bits per heavy atom. The third-order valence-corrected chi connectivity index (χ3v) is 4.33. The van der Waals surface area contributed by atoms with E-state index < -0.39 is 0 Å². The topological polar surface area (TPSA) is 20.3 Å².